The summed E-state index contributed by atoms with van der Waals surface area (Å²) in [4.78, 5) is 6.79. The molecule has 4 rings (SSSR count). The maximum Gasteiger partial charge on any atom is 0.138 e. The highest BCUT2D eigenvalue weighted by Gasteiger charge is 2.51. The molecule has 1 saturated carbocycles. The van der Waals surface area contributed by atoms with E-state index in [0.717, 1.165) is 17.5 Å². The van der Waals surface area contributed by atoms with Crippen LogP contribution in [0.4, 0.5) is 0 Å². The van der Waals surface area contributed by atoms with Crippen molar-refractivity contribution < 1.29 is 4.74 Å². The molecule has 1 spiro atoms. The fourth-order valence-electron chi connectivity index (χ4n) is 3.41. The number of aromatic nitrogens is 1. The van der Waals surface area contributed by atoms with Crippen molar-refractivity contribution in [2.45, 2.75) is 42.6 Å². The first-order chi connectivity index (χ1) is 9.33. The molecular formula is C15H20N2OS. The Morgan fingerprint density at radius 2 is 2.26 bits per heavy atom. The summed E-state index contributed by atoms with van der Waals surface area (Å²) in [5.74, 6) is 2.05. The number of nitrogens with zero attached hydrogens (tertiary/aromatic N) is 2. The summed E-state index contributed by atoms with van der Waals surface area (Å²) in [5.41, 5.74) is 0. The molecule has 2 aliphatic heterocycles. The number of thioether (sulfide) groups is 1. The normalized spacial score (nSPS) is 30.0. The van der Waals surface area contributed by atoms with Crippen LogP contribution in [0.1, 0.15) is 25.7 Å². The van der Waals surface area contributed by atoms with Crippen LogP contribution >= 0.6 is 11.8 Å². The topological polar surface area (TPSA) is 25.4 Å². The summed E-state index contributed by atoms with van der Waals surface area (Å²) in [5, 5.41) is 0. The van der Waals surface area contributed by atoms with Gasteiger partial charge < -0.3 is 4.74 Å². The Morgan fingerprint density at radius 1 is 1.37 bits per heavy atom. The van der Waals surface area contributed by atoms with Gasteiger partial charge in [0.2, 0.25) is 0 Å². The van der Waals surface area contributed by atoms with Crippen molar-refractivity contribution >= 4 is 11.8 Å². The van der Waals surface area contributed by atoms with Crippen LogP contribution in [-0.2, 0) is 0 Å². The monoisotopic (exact) mass is 276 g/mol. The molecule has 3 aliphatic rings. The molecule has 2 saturated heterocycles. The van der Waals surface area contributed by atoms with Gasteiger partial charge in [0.15, 0.2) is 0 Å². The van der Waals surface area contributed by atoms with Crippen molar-refractivity contribution in [2.75, 3.05) is 18.8 Å². The molecule has 1 atom stereocenters. The third-order valence-corrected chi connectivity index (χ3v) is 6.26. The maximum absolute atomic E-state index is 6.04. The molecule has 19 heavy (non-hydrogen) atoms. The number of rotatable bonds is 3. The van der Waals surface area contributed by atoms with Crippen LogP contribution in [0.25, 0.3) is 0 Å². The van der Waals surface area contributed by atoms with E-state index in [2.05, 4.69) is 21.6 Å². The molecule has 0 radical (unpaired) electrons. The second kappa shape index (κ2) is 4.67. The number of likely N-dealkylation sites (tertiary alicyclic amines) is 1. The van der Waals surface area contributed by atoms with Gasteiger partial charge >= 0.3 is 0 Å². The fourth-order valence-corrected chi connectivity index (χ4v) is 4.96. The molecule has 3 nitrogen and oxygen atoms in total. The van der Waals surface area contributed by atoms with E-state index in [0.29, 0.717) is 10.9 Å². The summed E-state index contributed by atoms with van der Waals surface area (Å²) in [6.07, 6.45) is 9.48. The van der Waals surface area contributed by atoms with E-state index in [1.165, 1.54) is 38.8 Å². The molecule has 1 aromatic heterocycles. The summed E-state index contributed by atoms with van der Waals surface area (Å²) in [6.45, 7) is 2.57. The zero-order chi connectivity index (χ0) is 12.7. The van der Waals surface area contributed by atoms with E-state index < -0.39 is 0 Å². The van der Waals surface area contributed by atoms with Gasteiger partial charge in [-0.3, -0.25) is 9.88 Å². The first kappa shape index (κ1) is 12.0. The van der Waals surface area contributed by atoms with Gasteiger partial charge in [0.05, 0.1) is 6.20 Å². The second-order valence-electron chi connectivity index (χ2n) is 6.12. The Hall–Kier alpha value is -0.740. The second-order valence-corrected chi connectivity index (χ2v) is 7.60. The number of hydrogen-bond donors (Lipinski definition) is 0. The van der Waals surface area contributed by atoms with Crippen LogP contribution in [0.3, 0.4) is 0 Å². The lowest BCUT2D eigenvalue weighted by molar-refractivity contribution is 0.0244. The zero-order valence-electron chi connectivity index (χ0n) is 11.1. The highest BCUT2D eigenvalue weighted by Crippen LogP contribution is 2.48. The van der Waals surface area contributed by atoms with Crippen molar-refractivity contribution in [1.29, 1.82) is 0 Å². The maximum atomic E-state index is 6.04. The van der Waals surface area contributed by atoms with Gasteiger partial charge in [-0.25, -0.2) is 0 Å². The predicted octanol–water partition coefficient (Wildman–Crippen LogP) is 2.57. The minimum atomic E-state index is 0.373. The van der Waals surface area contributed by atoms with Gasteiger partial charge in [-0.15, -0.1) is 11.8 Å². The van der Waals surface area contributed by atoms with Gasteiger partial charge in [-0.05, 0) is 25.0 Å². The van der Waals surface area contributed by atoms with E-state index >= 15 is 0 Å². The van der Waals surface area contributed by atoms with Crippen LogP contribution in [0, 0.1) is 0 Å². The Balaban J connectivity index is 1.31. The molecule has 0 bridgehead atoms. The Bertz CT molecular complexity index is 443. The molecular weight excluding hydrogens is 256 g/mol. The molecule has 0 aromatic carbocycles. The Kier molecular flexibility index (Phi) is 2.96. The molecule has 3 heterocycles. The van der Waals surface area contributed by atoms with Crippen molar-refractivity contribution in [3.05, 3.63) is 24.5 Å². The highest BCUT2D eigenvalue weighted by atomic mass is 32.2. The van der Waals surface area contributed by atoms with Crippen LogP contribution in [0.2, 0.25) is 0 Å². The van der Waals surface area contributed by atoms with Crippen molar-refractivity contribution in [2.24, 2.45) is 0 Å². The summed E-state index contributed by atoms with van der Waals surface area (Å²) >= 11 is 2.13. The third-order valence-electron chi connectivity index (χ3n) is 4.69. The Morgan fingerprint density at radius 3 is 2.95 bits per heavy atom. The minimum absolute atomic E-state index is 0.373. The molecule has 1 aromatic rings. The van der Waals surface area contributed by atoms with Gasteiger partial charge in [0.1, 0.15) is 11.9 Å². The van der Waals surface area contributed by atoms with Crippen LogP contribution in [-0.4, -0.2) is 45.6 Å². The average molecular weight is 276 g/mol. The summed E-state index contributed by atoms with van der Waals surface area (Å²) < 4.78 is 6.54. The molecule has 3 fully saturated rings. The van der Waals surface area contributed by atoms with Gasteiger partial charge in [-0.1, -0.05) is 6.42 Å². The lowest BCUT2D eigenvalue weighted by Gasteiger charge is -2.53. The van der Waals surface area contributed by atoms with E-state index in [1.807, 2.05) is 18.3 Å². The van der Waals surface area contributed by atoms with Crippen LogP contribution in [0.15, 0.2) is 24.5 Å². The van der Waals surface area contributed by atoms with Crippen LogP contribution < -0.4 is 4.74 Å². The summed E-state index contributed by atoms with van der Waals surface area (Å²) in [7, 11) is 0. The number of ether oxygens (including phenoxy) is 1. The predicted molar refractivity (Wildman–Crippen MR) is 77.7 cm³/mol. The van der Waals surface area contributed by atoms with Crippen molar-refractivity contribution in [3.63, 3.8) is 0 Å². The SMILES string of the molecule is c1cncc(OC2CSC3(C2)CN(C2CCC2)C3)c1. The average Bonchev–Trinajstić information content (AvgIpc) is 2.72. The Labute approximate surface area is 118 Å². The molecule has 102 valence electrons. The van der Waals surface area contributed by atoms with Crippen molar-refractivity contribution in [3.8, 4) is 5.75 Å². The quantitative estimate of drug-likeness (QED) is 0.847. The first-order valence-corrected chi connectivity index (χ1v) is 8.26. The highest BCUT2D eigenvalue weighted by molar-refractivity contribution is 8.01. The van der Waals surface area contributed by atoms with Crippen LogP contribution in [0.5, 0.6) is 5.75 Å². The lowest BCUT2D eigenvalue weighted by Crippen LogP contribution is -2.63. The molecule has 0 amide bonds. The summed E-state index contributed by atoms with van der Waals surface area (Å²) in [6, 6.07) is 4.85. The smallest absolute Gasteiger partial charge is 0.138 e. The molecule has 0 N–H and O–H groups in total. The number of pyridine rings is 1. The van der Waals surface area contributed by atoms with E-state index in [1.54, 1.807) is 6.20 Å². The largest absolute Gasteiger partial charge is 0.488 e. The fraction of sp³-hybridized carbons (Fsp3) is 0.667. The number of hydrogen-bond acceptors (Lipinski definition) is 4. The molecule has 1 unspecified atom stereocenters. The van der Waals surface area contributed by atoms with Gasteiger partial charge in [-0.2, -0.15) is 0 Å². The van der Waals surface area contributed by atoms with E-state index in [9.17, 15) is 0 Å². The van der Waals surface area contributed by atoms with Gasteiger partial charge in [0, 0.05) is 42.2 Å². The first-order valence-electron chi connectivity index (χ1n) is 7.28. The third kappa shape index (κ3) is 2.25. The van der Waals surface area contributed by atoms with E-state index in [-0.39, 0.29) is 0 Å². The standard InChI is InChI=1S/C15H20N2OS/c1-3-12(4-1)17-10-15(11-17)7-14(9-19-15)18-13-5-2-6-16-8-13/h2,5-6,8,12,14H,1,3-4,7,9-11H2. The lowest BCUT2D eigenvalue weighted by atomic mass is 9.84. The zero-order valence-corrected chi connectivity index (χ0v) is 11.9. The molecule has 4 heteroatoms. The molecule has 1 aliphatic carbocycles. The van der Waals surface area contributed by atoms with Crippen molar-refractivity contribution in [1.82, 2.24) is 9.88 Å². The van der Waals surface area contributed by atoms with E-state index in [4.69, 9.17) is 4.74 Å². The van der Waals surface area contributed by atoms with Gasteiger partial charge in [0.25, 0.3) is 0 Å². The minimum Gasteiger partial charge on any atom is -0.488 e.